The molecule has 1 aliphatic heterocycles. The molecule has 0 aliphatic carbocycles. The Bertz CT molecular complexity index is 470. The minimum atomic E-state index is -2.27. The van der Waals surface area contributed by atoms with E-state index in [2.05, 4.69) is 5.32 Å². The number of benzene rings is 1. The summed E-state index contributed by atoms with van der Waals surface area (Å²) in [6, 6.07) is 5.99. The largest absolute Gasteiger partial charge is 0.768 e. The number of carbonyl (C=O) groups excluding carboxylic acids is 2. The van der Waals surface area contributed by atoms with Crippen LogP contribution in [0.1, 0.15) is 0 Å². The Morgan fingerprint density at radius 3 is 2.12 bits per heavy atom. The highest BCUT2D eigenvalue weighted by molar-refractivity contribution is 7.79. The van der Waals surface area contributed by atoms with Crippen molar-refractivity contribution >= 4 is 28.6 Å². The Morgan fingerprint density at radius 1 is 1.12 bits per heavy atom. The highest BCUT2D eigenvalue weighted by atomic mass is 32.2. The molecule has 0 bridgehead atoms. The van der Waals surface area contributed by atoms with E-state index in [4.69, 9.17) is 0 Å². The Kier molecular flexibility index (Phi) is 3.21. The van der Waals surface area contributed by atoms with Crippen LogP contribution in [0.25, 0.3) is 0 Å². The number of carbonyl (C=O) groups is 2. The Morgan fingerprint density at radius 2 is 1.65 bits per heavy atom. The molecule has 1 saturated heterocycles. The van der Waals surface area contributed by atoms with Crippen molar-refractivity contribution < 1.29 is 18.4 Å². The van der Waals surface area contributed by atoms with Crippen molar-refractivity contribution in [3.8, 4) is 0 Å². The van der Waals surface area contributed by atoms with Gasteiger partial charge in [0.2, 0.25) is 11.8 Å². The SMILES string of the molecule is O=C1CN(c2ccc(S(=O)[O-])cc2)CC(=O)N1. The molecule has 17 heavy (non-hydrogen) atoms. The molecular formula is C10H9N2O4S-. The molecule has 1 atom stereocenters. The quantitative estimate of drug-likeness (QED) is 0.561. The summed E-state index contributed by atoms with van der Waals surface area (Å²) in [7, 11) is 0. The van der Waals surface area contributed by atoms with E-state index in [1.165, 1.54) is 12.1 Å². The van der Waals surface area contributed by atoms with Crippen molar-refractivity contribution in [2.75, 3.05) is 18.0 Å². The highest BCUT2D eigenvalue weighted by Crippen LogP contribution is 2.17. The van der Waals surface area contributed by atoms with Crippen LogP contribution < -0.4 is 10.2 Å². The number of rotatable bonds is 2. The van der Waals surface area contributed by atoms with Gasteiger partial charge in [0.15, 0.2) is 0 Å². The van der Waals surface area contributed by atoms with E-state index in [-0.39, 0.29) is 29.8 Å². The van der Waals surface area contributed by atoms with Crippen molar-refractivity contribution in [1.29, 1.82) is 0 Å². The number of nitrogens with zero attached hydrogens (tertiary/aromatic N) is 1. The zero-order valence-corrected chi connectivity index (χ0v) is 9.53. The van der Waals surface area contributed by atoms with Gasteiger partial charge < -0.3 is 9.45 Å². The number of anilines is 1. The molecule has 1 N–H and O–H groups in total. The summed E-state index contributed by atoms with van der Waals surface area (Å²) in [5, 5.41) is 2.19. The van der Waals surface area contributed by atoms with E-state index >= 15 is 0 Å². The highest BCUT2D eigenvalue weighted by Gasteiger charge is 2.22. The van der Waals surface area contributed by atoms with Crippen molar-refractivity contribution in [1.82, 2.24) is 5.32 Å². The molecule has 0 saturated carbocycles. The number of hydrogen-bond acceptors (Lipinski definition) is 5. The minimum Gasteiger partial charge on any atom is -0.768 e. The third-order valence-corrected chi connectivity index (χ3v) is 3.00. The van der Waals surface area contributed by atoms with Gasteiger partial charge in [-0.25, -0.2) is 0 Å². The first-order valence-corrected chi connectivity index (χ1v) is 5.91. The Balaban J connectivity index is 2.19. The maximum Gasteiger partial charge on any atom is 0.246 e. The van der Waals surface area contributed by atoms with Crippen LogP contribution in [0.2, 0.25) is 0 Å². The molecule has 2 rings (SSSR count). The van der Waals surface area contributed by atoms with Crippen LogP contribution in [0, 0.1) is 0 Å². The lowest BCUT2D eigenvalue weighted by Crippen LogP contribution is -2.51. The Labute approximate surface area is 99.9 Å². The van der Waals surface area contributed by atoms with Crippen molar-refractivity contribution in [3.63, 3.8) is 0 Å². The van der Waals surface area contributed by atoms with Gasteiger partial charge in [-0.2, -0.15) is 0 Å². The molecule has 0 spiro atoms. The molecule has 6 nitrogen and oxygen atoms in total. The maximum atomic E-state index is 11.2. The van der Waals surface area contributed by atoms with Crippen LogP contribution in [-0.2, 0) is 20.7 Å². The second-order valence-electron chi connectivity index (χ2n) is 3.56. The van der Waals surface area contributed by atoms with Crippen LogP contribution in [0.15, 0.2) is 29.2 Å². The van der Waals surface area contributed by atoms with E-state index in [0.717, 1.165) is 0 Å². The molecule has 2 amide bonds. The van der Waals surface area contributed by atoms with E-state index in [1.807, 2.05) is 0 Å². The summed E-state index contributed by atoms with van der Waals surface area (Å²) in [6.45, 7) is 0.178. The molecule has 1 heterocycles. The maximum absolute atomic E-state index is 11.2. The van der Waals surface area contributed by atoms with Gasteiger partial charge >= 0.3 is 0 Å². The second kappa shape index (κ2) is 4.64. The summed E-state index contributed by atoms with van der Waals surface area (Å²) >= 11 is -2.27. The fourth-order valence-electron chi connectivity index (χ4n) is 1.59. The summed E-state index contributed by atoms with van der Waals surface area (Å²) in [5.41, 5.74) is 0.641. The average Bonchev–Trinajstić information content (AvgIpc) is 2.28. The molecule has 1 fully saturated rings. The van der Waals surface area contributed by atoms with Gasteiger partial charge in [0, 0.05) is 10.6 Å². The van der Waals surface area contributed by atoms with Crippen LogP contribution in [-0.4, -0.2) is 33.7 Å². The van der Waals surface area contributed by atoms with Gasteiger partial charge in [-0.05, 0) is 35.3 Å². The van der Waals surface area contributed by atoms with Crippen LogP contribution in [0.5, 0.6) is 0 Å². The predicted octanol–water partition coefficient (Wildman–Crippen LogP) is -0.613. The molecule has 0 radical (unpaired) electrons. The first-order chi connectivity index (χ1) is 8.06. The lowest BCUT2D eigenvalue weighted by molar-refractivity contribution is -0.130. The van der Waals surface area contributed by atoms with Gasteiger partial charge in [0.05, 0.1) is 13.1 Å². The normalized spacial score (nSPS) is 17.8. The molecule has 7 heteroatoms. The zero-order chi connectivity index (χ0) is 12.4. The molecule has 90 valence electrons. The molecular weight excluding hydrogens is 244 g/mol. The van der Waals surface area contributed by atoms with Crippen molar-refractivity contribution in [3.05, 3.63) is 24.3 Å². The monoisotopic (exact) mass is 253 g/mol. The summed E-state index contributed by atoms with van der Waals surface area (Å²) < 4.78 is 21.3. The molecule has 1 aromatic rings. The summed E-state index contributed by atoms with van der Waals surface area (Å²) in [6.07, 6.45) is 0. The standard InChI is InChI=1S/C10H10N2O4S/c13-9-5-12(6-10(14)11-9)7-1-3-8(4-2-7)17(15)16/h1-4H,5-6H2,(H,15,16)(H,11,13,14)/p-1. The van der Waals surface area contributed by atoms with E-state index in [0.29, 0.717) is 5.69 Å². The van der Waals surface area contributed by atoms with E-state index < -0.39 is 11.1 Å². The first kappa shape index (κ1) is 11.7. The molecule has 1 unspecified atom stereocenters. The van der Waals surface area contributed by atoms with Gasteiger partial charge in [-0.3, -0.25) is 19.1 Å². The minimum absolute atomic E-state index is 0.0888. The third kappa shape index (κ3) is 2.69. The molecule has 1 aromatic carbocycles. The fraction of sp³-hybridized carbons (Fsp3) is 0.200. The fourth-order valence-corrected chi connectivity index (χ4v) is 1.95. The van der Waals surface area contributed by atoms with Crippen molar-refractivity contribution in [2.24, 2.45) is 0 Å². The smallest absolute Gasteiger partial charge is 0.246 e. The summed E-state index contributed by atoms with van der Waals surface area (Å²) in [5.74, 6) is -0.726. The van der Waals surface area contributed by atoms with E-state index in [9.17, 15) is 18.4 Å². The van der Waals surface area contributed by atoms with Gasteiger partial charge in [0.25, 0.3) is 0 Å². The number of piperazine rings is 1. The van der Waals surface area contributed by atoms with Crippen LogP contribution >= 0.6 is 0 Å². The molecule has 0 aromatic heterocycles. The lowest BCUT2D eigenvalue weighted by Gasteiger charge is -2.27. The molecule has 1 aliphatic rings. The Hall–Kier alpha value is -1.73. The predicted molar refractivity (Wildman–Crippen MR) is 59.0 cm³/mol. The van der Waals surface area contributed by atoms with E-state index in [1.54, 1.807) is 17.0 Å². The van der Waals surface area contributed by atoms with Gasteiger partial charge in [0.1, 0.15) is 0 Å². The number of amides is 2. The number of nitrogens with one attached hydrogen (secondary N) is 1. The van der Waals surface area contributed by atoms with Crippen LogP contribution in [0.4, 0.5) is 5.69 Å². The van der Waals surface area contributed by atoms with Gasteiger partial charge in [-0.15, -0.1) is 0 Å². The topological polar surface area (TPSA) is 89.5 Å². The number of hydrogen-bond donors (Lipinski definition) is 1. The first-order valence-electron chi connectivity index (χ1n) is 4.83. The van der Waals surface area contributed by atoms with Gasteiger partial charge in [-0.1, -0.05) is 0 Å². The van der Waals surface area contributed by atoms with Crippen molar-refractivity contribution in [2.45, 2.75) is 4.90 Å². The number of imide groups is 1. The zero-order valence-electron chi connectivity index (χ0n) is 8.71. The summed E-state index contributed by atoms with van der Waals surface area (Å²) in [4.78, 5) is 24.1. The average molecular weight is 253 g/mol. The van der Waals surface area contributed by atoms with Crippen LogP contribution in [0.3, 0.4) is 0 Å². The third-order valence-electron chi connectivity index (χ3n) is 2.34. The second-order valence-corrected chi connectivity index (χ2v) is 4.50. The lowest BCUT2D eigenvalue weighted by atomic mass is 10.2.